The maximum atomic E-state index is 4.83. The van der Waals surface area contributed by atoms with Crippen molar-refractivity contribution in [2.75, 3.05) is 11.4 Å². The number of rotatable bonds is 3. The largest absolute Gasteiger partial charge is 0.348 e. The summed E-state index contributed by atoms with van der Waals surface area (Å²) in [6.45, 7) is 2.95. The smallest absolute Gasteiger partial charge is 0.159 e. The summed E-state index contributed by atoms with van der Waals surface area (Å²) in [6, 6.07) is 2.21. The Morgan fingerprint density at radius 3 is 2.88 bits per heavy atom. The van der Waals surface area contributed by atoms with Crippen LogP contribution in [-0.2, 0) is 7.05 Å². The first-order valence-corrected chi connectivity index (χ1v) is 8.07. The van der Waals surface area contributed by atoms with Gasteiger partial charge in [0, 0.05) is 37.7 Å². The van der Waals surface area contributed by atoms with Gasteiger partial charge in [0.2, 0.25) is 0 Å². The predicted molar refractivity (Wildman–Crippen MR) is 90.3 cm³/mol. The Kier molecular flexibility index (Phi) is 3.68. The van der Waals surface area contributed by atoms with Crippen molar-refractivity contribution < 1.29 is 0 Å². The van der Waals surface area contributed by atoms with E-state index < -0.39 is 0 Å². The van der Waals surface area contributed by atoms with Crippen LogP contribution in [0.5, 0.6) is 0 Å². The van der Waals surface area contributed by atoms with E-state index in [1.807, 2.05) is 37.0 Å². The van der Waals surface area contributed by atoms with Gasteiger partial charge >= 0.3 is 0 Å². The Morgan fingerprint density at radius 1 is 1.17 bits per heavy atom. The lowest BCUT2D eigenvalue weighted by Crippen LogP contribution is -2.24. The van der Waals surface area contributed by atoms with Crippen molar-refractivity contribution in [2.45, 2.75) is 25.8 Å². The Bertz CT molecular complexity index is 857. The predicted octanol–water partition coefficient (Wildman–Crippen LogP) is 2.32. The third-order valence-corrected chi connectivity index (χ3v) is 4.38. The van der Waals surface area contributed by atoms with Gasteiger partial charge in [-0.3, -0.25) is 4.98 Å². The van der Waals surface area contributed by atoms with Crippen molar-refractivity contribution in [3.63, 3.8) is 0 Å². The first kappa shape index (κ1) is 14.7. The standard InChI is InChI=1S/C17H19N7/c1-12-8-16(21-11-20-12)24-6-3-4-15(24)13-9-18-10-14(22-13)17-19-5-7-23(17)2/h5,7-11,15H,3-4,6H2,1-2H3/t15-/m0/s1. The van der Waals surface area contributed by atoms with Crippen molar-refractivity contribution >= 4 is 5.82 Å². The summed E-state index contributed by atoms with van der Waals surface area (Å²) >= 11 is 0. The highest BCUT2D eigenvalue weighted by Crippen LogP contribution is 2.34. The Morgan fingerprint density at radius 2 is 2.08 bits per heavy atom. The van der Waals surface area contributed by atoms with Crippen LogP contribution < -0.4 is 4.90 Å². The van der Waals surface area contributed by atoms with E-state index in [1.54, 1.807) is 18.7 Å². The minimum absolute atomic E-state index is 0.187. The molecule has 3 aromatic heterocycles. The second-order valence-electron chi connectivity index (χ2n) is 6.06. The quantitative estimate of drug-likeness (QED) is 0.737. The normalized spacial score (nSPS) is 17.4. The highest BCUT2D eigenvalue weighted by Gasteiger charge is 2.29. The van der Waals surface area contributed by atoms with E-state index in [1.165, 1.54) is 0 Å². The lowest BCUT2D eigenvalue weighted by Gasteiger charge is -2.25. The van der Waals surface area contributed by atoms with Gasteiger partial charge < -0.3 is 9.47 Å². The molecule has 1 saturated heterocycles. The Balaban J connectivity index is 1.69. The molecule has 0 radical (unpaired) electrons. The molecule has 3 aromatic rings. The van der Waals surface area contributed by atoms with E-state index in [0.717, 1.165) is 48.1 Å². The molecule has 7 heteroatoms. The molecule has 0 bridgehead atoms. The molecule has 0 spiro atoms. The van der Waals surface area contributed by atoms with Crippen LogP contribution in [0.25, 0.3) is 11.5 Å². The van der Waals surface area contributed by atoms with E-state index in [0.29, 0.717) is 0 Å². The van der Waals surface area contributed by atoms with Crippen LogP contribution in [0.4, 0.5) is 5.82 Å². The van der Waals surface area contributed by atoms with Gasteiger partial charge in [-0.05, 0) is 19.8 Å². The molecular formula is C17H19N7. The Labute approximate surface area is 140 Å². The van der Waals surface area contributed by atoms with E-state index in [9.17, 15) is 0 Å². The van der Waals surface area contributed by atoms with E-state index in [-0.39, 0.29) is 6.04 Å². The van der Waals surface area contributed by atoms with Crippen LogP contribution >= 0.6 is 0 Å². The number of aromatic nitrogens is 6. The first-order chi connectivity index (χ1) is 11.7. The summed E-state index contributed by atoms with van der Waals surface area (Å²) in [5.41, 5.74) is 2.73. The van der Waals surface area contributed by atoms with Crippen LogP contribution in [0, 0.1) is 6.92 Å². The molecule has 0 aromatic carbocycles. The van der Waals surface area contributed by atoms with Gasteiger partial charge in [-0.2, -0.15) is 0 Å². The van der Waals surface area contributed by atoms with Gasteiger partial charge in [0.1, 0.15) is 17.8 Å². The fourth-order valence-corrected chi connectivity index (χ4v) is 3.21. The molecule has 1 aliphatic heterocycles. The summed E-state index contributed by atoms with van der Waals surface area (Å²) in [7, 11) is 1.96. The van der Waals surface area contributed by atoms with Crippen LogP contribution in [0.1, 0.15) is 30.3 Å². The van der Waals surface area contributed by atoms with Crippen molar-refractivity contribution in [3.05, 3.63) is 48.6 Å². The molecule has 0 unspecified atom stereocenters. The number of aryl methyl sites for hydroxylation is 2. The molecule has 4 rings (SSSR count). The molecule has 122 valence electrons. The minimum atomic E-state index is 0.187. The molecular weight excluding hydrogens is 302 g/mol. The zero-order chi connectivity index (χ0) is 16.5. The zero-order valence-electron chi connectivity index (χ0n) is 13.8. The number of hydrogen-bond donors (Lipinski definition) is 0. The zero-order valence-corrected chi connectivity index (χ0v) is 13.8. The molecule has 0 saturated carbocycles. The fraction of sp³-hybridized carbons (Fsp3) is 0.353. The molecule has 0 amide bonds. The van der Waals surface area contributed by atoms with E-state index in [4.69, 9.17) is 4.98 Å². The lowest BCUT2D eigenvalue weighted by atomic mass is 10.1. The van der Waals surface area contributed by atoms with Crippen molar-refractivity contribution in [3.8, 4) is 11.5 Å². The van der Waals surface area contributed by atoms with Gasteiger partial charge in [-0.25, -0.2) is 19.9 Å². The molecule has 24 heavy (non-hydrogen) atoms. The summed E-state index contributed by atoms with van der Waals surface area (Å²) in [5, 5.41) is 0. The van der Waals surface area contributed by atoms with Gasteiger partial charge in [-0.15, -0.1) is 0 Å². The maximum absolute atomic E-state index is 4.83. The summed E-state index contributed by atoms with van der Waals surface area (Å²) in [5.74, 6) is 1.78. The highest BCUT2D eigenvalue weighted by atomic mass is 15.2. The molecule has 0 N–H and O–H groups in total. The molecule has 0 aliphatic carbocycles. The monoisotopic (exact) mass is 321 g/mol. The van der Waals surface area contributed by atoms with Crippen molar-refractivity contribution in [2.24, 2.45) is 7.05 Å². The third-order valence-electron chi connectivity index (χ3n) is 4.38. The topological polar surface area (TPSA) is 72.6 Å². The van der Waals surface area contributed by atoms with Crippen molar-refractivity contribution in [1.82, 2.24) is 29.5 Å². The fourth-order valence-electron chi connectivity index (χ4n) is 3.21. The average Bonchev–Trinajstić information content (AvgIpc) is 3.24. The van der Waals surface area contributed by atoms with Gasteiger partial charge in [0.25, 0.3) is 0 Å². The Hall–Kier alpha value is -2.83. The molecule has 4 heterocycles. The van der Waals surface area contributed by atoms with Crippen LogP contribution in [0.15, 0.2) is 37.2 Å². The van der Waals surface area contributed by atoms with Crippen LogP contribution in [-0.4, -0.2) is 36.0 Å². The number of imidazole rings is 1. The molecule has 1 atom stereocenters. The number of anilines is 1. The van der Waals surface area contributed by atoms with Gasteiger partial charge in [-0.1, -0.05) is 0 Å². The summed E-state index contributed by atoms with van der Waals surface area (Å²) < 4.78 is 1.95. The summed E-state index contributed by atoms with van der Waals surface area (Å²) in [6.07, 6.45) is 11.1. The SMILES string of the molecule is Cc1cc(N2CCC[C@H]2c2cncc(-c3nccn3C)n2)ncn1. The van der Waals surface area contributed by atoms with Gasteiger partial charge in [0.15, 0.2) is 5.82 Å². The third kappa shape index (κ3) is 2.62. The molecule has 1 aliphatic rings. The second kappa shape index (κ2) is 5.99. The average molecular weight is 321 g/mol. The minimum Gasteiger partial charge on any atom is -0.348 e. The lowest BCUT2D eigenvalue weighted by molar-refractivity contribution is 0.681. The van der Waals surface area contributed by atoms with E-state index >= 15 is 0 Å². The summed E-state index contributed by atoms with van der Waals surface area (Å²) in [4.78, 5) is 24.5. The molecule has 7 nitrogen and oxygen atoms in total. The van der Waals surface area contributed by atoms with Crippen molar-refractivity contribution in [1.29, 1.82) is 0 Å². The number of hydrogen-bond acceptors (Lipinski definition) is 6. The number of nitrogens with zero attached hydrogens (tertiary/aromatic N) is 7. The van der Waals surface area contributed by atoms with Gasteiger partial charge in [0.05, 0.1) is 24.1 Å². The van der Waals surface area contributed by atoms with Crippen LogP contribution in [0.3, 0.4) is 0 Å². The van der Waals surface area contributed by atoms with Crippen LogP contribution in [0.2, 0.25) is 0 Å². The highest BCUT2D eigenvalue weighted by molar-refractivity contribution is 5.49. The first-order valence-electron chi connectivity index (χ1n) is 8.07. The molecule has 1 fully saturated rings. The maximum Gasteiger partial charge on any atom is 0.159 e. The van der Waals surface area contributed by atoms with E-state index in [2.05, 4.69) is 24.8 Å². The second-order valence-corrected chi connectivity index (χ2v) is 6.06.